The van der Waals surface area contributed by atoms with Gasteiger partial charge in [0.1, 0.15) is 5.82 Å². The standard InChI is InChI=1S/C18H23N5O2/c24-13-14-5-8-23(9-6-14)17-4-3-15(10-20-17)11-21-18(25)22-16-2-1-7-19-12-16/h1-4,7,10,12,14,24H,5-6,8-9,11,13H2,(H2,21,22,25). The molecule has 0 aliphatic carbocycles. The van der Waals surface area contributed by atoms with E-state index in [2.05, 4.69) is 25.5 Å². The first kappa shape index (κ1) is 17.2. The van der Waals surface area contributed by atoms with Crippen LogP contribution in [0.15, 0.2) is 42.9 Å². The molecule has 7 heteroatoms. The molecule has 0 spiro atoms. The van der Waals surface area contributed by atoms with E-state index in [0.717, 1.165) is 37.3 Å². The maximum atomic E-state index is 11.9. The minimum Gasteiger partial charge on any atom is -0.396 e. The van der Waals surface area contributed by atoms with Gasteiger partial charge in [0.15, 0.2) is 0 Å². The van der Waals surface area contributed by atoms with Crippen molar-refractivity contribution < 1.29 is 9.90 Å². The number of hydrogen-bond acceptors (Lipinski definition) is 5. The van der Waals surface area contributed by atoms with Gasteiger partial charge in [-0.3, -0.25) is 4.98 Å². The molecule has 0 radical (unpaired) electrons. The lowest BCUT2D eigenvalue weighted by Gasteiger charge is -2.32. The van der Waals surface area contributed by atoms with E-state index in [4.69, 9.17) is 0 Å². The number of piperidine rings is 1. The first-order valence-electron chi connectivity index (χ1n) is 8.50. The average molecular weight is 341 g/mol. The summed E-state index contributed by atoms with van der Waals surface area (Å²) < 4.78 is 0. The van der Waals surface area contributed by atoms with Gasteiger partial charge in [0.2, 0.25) is 0 Å². The van der Waals surface area contributed by atoms with Crippen LogP contribution in [0.25, 0.3) is 0 Å². The normalized spacial score (nSPS) is 15.0. The van der Waals surface area contributed by atoms with Gasteiger partial charge in [0.25, 0.3) is 0 Å². The molecule has 0 bridgehead atoms. The molecule has 0 unspecified atom stereocenters. The Morgan fingerprint density at radius 2 is 2.08 bits per heavy atom. The van der Waals surface area contributed by atoms with E-state index in [9.17, 15) is 9.90 Å². The molecule has 2 amide bonds. The highest BCUT2D eigenvalue weighted by Crippen LogP contribution is 2.21. The van der Waals surface area contributed by atoms with E-state index in [1.807, 2.05) is 12.1 Å². The van der Waals surface area contributed by atoms with Gasteiger partial charge in [0, 0.05) is 38.6 Å². The smallest absolute Gasteiger partial charge is 0.319 e. The first-order chi connectivity index (χ1) is 12.2. The lowest BCUT2D eigenvalue weighted by Crippen LogP contribution is -2.35. The fourth-order valence-electron chi connectivity index (χ4n) is 2.85. The highest BCUT2D eigenvalue weighted by atomic mass is 16.3. The van der Waals surface area contributed by atoms with Crippen LogP contribution in [0.1, 0.15) is 18.4 Å². The van der Waals surface area contributed by atoms with Gasteiger partial charge >= 0.3 is 6.03 Å². The van der Waals surface area contributed by atoms with Crippen LogP contribution in [-0.2, 0) is 6.54 Å². The van der Waals surface area contributed by atoms with E-state index in [-0.39, 0.29) is 12.6 Å². The van der Waals surface area contributed by atoms with E-state index >= 15 is 0 Å². The molecule has 132 valence electrons. The zero-order valence-corrected chi connectivity index (χ0v) is 14.1. The number of urea groups is 1. The predicted molar refractivity (Wildman–Crippen MR) is 96.4 cm³/mol. The quantitative estimate of drug-likeness (QED) is 0.774. The number of pyridine rings is 2. The molecule has 1 aliphatic rings. The SMILES string of the molecule is O=C(NCc1ccc(N2CCC(CO)CC2)nc1)Nc1cccnc1. The first-order valence-corrected chi connectivity index (χ1v) is 8.50. The number of aliphatic hydroxyl groups excluding tert-OH is 1. The summed E-state index contributed by atoms with van der Waals surface area (Å²) in [7, 11) is 0. The van der Waals surface area contributed by atoms with Gasteiger partial charge in [-0.1, -0.05) is 6.07 Å². The second-order valence-electron chi connectivity index (χ2n) is 6.19. The number of aromatic nitrogens is 2. The van der Waals surface area contributed by atoms with Crippen molar-refractivity contribution in [3.05, 3.63) is 48.4 Å². The van der Waals surface area contributed by atoms with Crippen molar-refractivity contribution in [1.29, 1.82) is 0 Å². The topological polar surface area (TPSA) is 90.4 Å². The molecule has 0 saturated carbocycles. The summed E-state index contributed by atoms with van der Waals surface area (Å²) in [5.41, 5.74) is 1.59. The second-order valence-corrected chi connectivity index (χ2v) is 6.19. The molecule has 3 N–H and O–H groups in total. The second kappa shape index (κ2) is 8.43. The third-order valence-corrected chi connectivity index (χ3v) is 4.38. The lowest BCUT2D eigenvalue weighted by atomic mass is 9.98. The number of nitrogens with one attached hydrogen (secondary N) is 2. The number of carbonyl (C=O) groups excluding carboxylic acids is 1. The summed E-state index contributed by atoms with van der Waals surface area (Å²) in [5, 5.41) is 14.7. The molecule has 0 atom stereocenters. The van der Waals surface area contributed by atoms with E-state index in [1.54, 1.807) is 30.7 Å². The minimum absolute atomic E-state index is 0.271. The average Bonchev–Trinajstić information content (AvgIpc) is 2.68. The Balaban J connectivity index is 1.47. The van der Waals surface area contributed by atoms with Crippen molar-refractivity contribution in [2.75, 3.05) is 29.9 Å². The van der Waals surface area contributed by atoms with Gasteiger partial charge in [-0.2, -0.15) is 0 Å². The van der Waals surface area contributed by atoms with Crippen molar-refractivity contribution in [2.45, 2.75) is 19.4 Å². The fourth-order valence-corrected chi connectivity index (χ4v) is 2.85. The molecular weight excluding hydrogens is 318 g/mol. The summed E-state index contributed by atoms with van der Waals surface area (Å²) in [6.45, 7) is 2.52. The number of rotatable bonds is 5. The van der Waals surface area contributed by atoms with E-state index in [1.165, 1.54) is 0 Å². The van der Waals surface area contributed by atoms with Crippen LogP contribution >= 0.6 is 0 Å². The van der Waals surface area contributed by atoms with Gasteiger partial charge in [-0.15, -0.1) is 0 Å². The highest BCUT2D eigenvalue weighted by Gasteiger charge is 2.19. The van der Waals surface area contributed by atoms with Crippen molar-refractivity contribution in [3.8, 4) is 0 Å². The van der Waals surface area contributed by atoms with Crippen LogP contribution in [0, 0.1) is 5.92 Å². The van der Waals surface area contributed by atoms with Crippen molar-refractivity contribution >= 4 is 17.5 Å². The van der Waals surface area contributed by atoms with E-state index < -0.39 is 0 Å². The molecule has 1 aliphatic heterocycles. The maximum Gasteiger partial charge on any atom is 0.319 e. The number of amides is 2. The zero-order chi connectivity index (χ0) is 17.5. The largest absolute Gasteiger partial charge is 0.396 e. The number of aliphatic hydroxyl groups is 1. The molecular formula is C18H23N5O2. The number of hydrogen-bond donors (Lipinski definition) is 3. The molecule has 2 aromatic heterocycles. The Labute approximate surface area is 147 Å². The monoisotopic (exact) mass is 341 g/mol. The summed E-state index contributed by atoms with van der Waals surface area (Å²) in [6.07, 6.45) is 7.03. The van der Waals surface area contributed by atoms with Gasteiger partial charge in [-0.05, 0) is 42.5 Å². The Bertz CT molecular complexity index is 670. The van der Waals surface area contributed by atoms with E-state index in [0.29, 0.717) is 18.2 Å². The molecule has 1 saturated heterocycles. The summed E-state index contributed by atoms with van der Waals surface area (Å²) in [4.78, 5) is 22.5. The molecule has 3 heterocycles. The molecule has 0 aromatic carbocycles. The zero-order valence-electron chi connectivity index (χ0n) is 14.1. The van der Waals surface area contributed by atoms with Crippen LogP contribution in [0.4, 0.5) is 16.3 Å². The minimum atomic E-state index is -0.275. The predicted octanol–water partition coefficient (Wildman–Crippen LogP) is 2.01. The molecule has 2 aromatic rings. The lowest BCUT2D eigenvalue weighted by molar-refractivity contribution is 0.203. The van der Waals surface area contributed by atoms with Crippen molar-refractivity contribution in [1.82, 2.24) is 15.3 Å². The molecule has 7 nitrogen and oxygen atoms in total. The Kier molecular flexibility index (Phi) is 5.79. The Hall–Kier alpha value is -2.67. The van der Waals surface area contributed by atoms with Gasteiger partial charge in [-0.25, -0.2) is 9.78 Å². The third-order valence-electron chi connectivity index (χ3n) is 4.38. The molecule has 25 heavy (non-hydrogen) atoms. The van der Waals surface area contributed by atoms with Crippen LogP contribution in [0.5, 0.6) is 0 Å². The Morgan fingerprint density at radius 1 is 1.24 bits per heavy atom. The maximum absolute atomic E-state index is 11.9. The third kappa shape index (κ3) is 4.90. The summed E-state index contributed by atoms with van der Waals surface area (Å²) in [5.74, 6) is 1.36. The Morgan fingerprint density at radius 3 is 2.72 bits per heavy atom. The van der Waals surface area contributed by atoms with Crippen LogP contribution < -0.4 is 15.5 Å². The van der Waals surface area contributed by atoms with Crippen LogP contribution in [0.3, 0.4) is 0 Å². The van der Waals surface area contributed by atoms with Gasteiger partial charge in [0.05, 0.1) is 11.9 Å². The fraction of sp³-hybridized carbons (Fsp3) is 0.389. The highest BCUT2D eigenvalue weighted by molar-refractivity contribution is 5.88. The van der Waals surface area contributed by atoms with Gasteiger partial charge < -0.3 is 20.6 Å². The van der Waals surface area contributed by atoms with Crippen molar-refractivity contribution in [3.63, 3.8) is 0 Å². The molecule has 3 rings (SSSR count). The number of carbonyl (C=O) groups is 1. The number of anilines is 2. The van der Waals surface area contributed by atoms with Crippen LogP contribution in [0.2, 0.25) is 0 Å². The molecule has 1 fully saturated rings. The van der Waals surface area contributed by atoms with Crippen molar-refractivity contribution in [2.24, 2.45) is 5.92 Å². The summed E-state index contributed by atoms with van der Waals surface area (Å²) >= 11 is 0. The number of nitrogens with zero attached hydrogens (tertiary/aromatic N) is 3. The summed E-state index contributed by atoms with van der Waals surface area (Å²) in [6, 6.07) is 7.23. The van der Waals surface area contributed by atoms with Crippen LogP contribution in [-0.4, -0.2) is 40.8 Å².